The van der Waals surface area contributed by atoms with Gasteiger partial charge in [-0.1, -0.05) is 0 Å². The Morgan fingerprint density at radius 3 is 1.95 bits per heavy atom. The van der Waals surface area contributed by atoms with Crippen molar-refractivity contribution in [2.45, 2.75) is 33.2 Å². The maximum Gasteiger partial charge on any atom is 0.329 e. The van der Waals surface area contributed by atoms with Gasteiger partial charge in [-0.3, -0.25) is 4.79 Å². The summed E-state index contributed by atoms with van der Waals surface area (Å²) in [5, 5.41) is 9.19. The molecule has 1 aromatic rings. The van der Waals surface area contributed by atoms with Gasteiger partial charge in [0.1, 0.15) is 5.54 Å². The van der Waals surface area contributed by atoms with E-state index in [4.69, 9.17) is 0 Å². The second kappa shape index (κ2) is 6.61. The minimum absolute atomic E-state index is 0.298. The number of rotatable bonds is 6. The molecule has 5 nitrogen and oxygen atoms in total. The molecule has 0 aliphatic rings. The van der Waals surface area contributed by atoms with Gasteiger partial charge in [0.2, 0.25) is 0 Å². The lowest BCUT2D eigenvalue weighted by Crippen LogP contribution is -2.50. The molecule has 0 radical (unpaired) electrons. The van der Waals surface area contributed by atoms with E-state index in [0.717, 1.165) is 18.8 Å². The van der Waals surface area contributed by atoms with Gasteiger partial charge in [-0.15, -0.1) is 0 Å². The Hall–Kier alpha value is -2.04. The van der Waals surface area contributed by atoms with Crippen LogP contribution in [0, 0.1) is 0 Å². The average molecular weight is 292 g/mol. The molecule has 0 spiro atoms. The van der Waals surface area contributed by atoms with Crippen LogP contribution in [0.5, 0.6) is 0 Å². The van der Waals surface area contributed by atoms with Gasteiger partial charge >= 0.3 is 5.97 Å². The standard InChI is InChI=1S/C16H24N2O3/c1-6-18(7-2)13-10-8-12(9-11-13)14(19)17(5)16(3,4)15(20)21/h8-11H,6-7H2,1-5H3,(H,20,21). The quantitative estimate of drug-likeness (QED) is 0.875. The van der Waals surface area contributed by atoms with Crippen LogP contribution in [0.4, 0.5) is 5.69 Å². The molecule has 0 saturated heterocycles. The van der Waals surface area contributed by atoms with Gasteiger partial charge in [-0.2, -0.15) is 0 Å². The van der Waals surface area contributed by atoms with Crippen LogP contribution >= 0.6 is 0 Å². The normalized spacial score (nSPS) is 11.1. The number of carboxylic acids is 1. The van der Waals surface area contributed by atoms with Gasteiger partial charge in [-0.05, 0) is 52.0 Å². The Kier molecular flexibility index (Phi) is 5.35. The van der Waals surface area contributed by atoms with Crippen molar-refractivity contribution in [3.8, 4) is 0 Å². The third-order valence-electron chi connectivity index (χ3n) is 3.91. The maximum atomic E-state index is 12.4. The summed E-state index contributed by atoms with van der Waals surface area (Å²) >= 11 is 0. The lowest BCUT2D eigenvalue weighted by molar-refractivity contribution is -0.147. The van der Waals surface area contributed by atoms with Crippen LogP contribution in [-0.4, -0.2) is 47.6 Å². The number of amides is 1. The van der Waals surface area contributed by atoms with Crippen molar-refractivity contribution in [2.24, 2.45) is 0 Å². The average Bonchev–Trinajstić information content (AvgIpc) is 2.47. The SMILES string of the molecule is CCN(CC)c1ccc(C(=O)N(C)C(C)(C)C(=O)O)cc1. The first-order valence-electron chi connectivity index (χ1n) is 7.12. The summed E-state index contributed by atoms with van der Waals surface area (Å²) in [5.74, 6) is -1.33. The zero-order valence-electron chi connectivity index (χ0n) is 13.4. The Morgan fingerprint density at radius 1 is 1.10 bits per heavy atom. The number of nitrogens with zero attached hydrogens (tertiary/aromatic N) is 2. The van der Waals surface area contributed by atoms with Crippen molar-refractivity contribution in [3.05, 3.63) is 29.8 Å². The highest BCUT2D eigenvalue weighted by Gasteiger charge is 2.35. The fourth-order valence-corrected chi connectivity index (χ4v) is 1.99. The minimum Gasteiger partial charge on any atom is -0.480 e. The monoisotopic (exact) mass is 292 g/mol. The zero-order chi connectivity index (χ0) is 16.2. The number of hydrogen-bond donors (Lipinski definition) is 1. The van der Waals surface area contributed by atoms with Crippen LogP contribution in [0.1, 0.15) is 38.1 Å². The van der Waals surface area contributed by atoms with Gasteiger partial charge in [-0.25, -0.2) is 4.79 Å². The number of benzene rings is 1. The molecule has 0 aromatic heterocycles. The van der Waals surface area contributed by atoms with E-state index < -0.39 is 11.5 Å². The zero-order valence-corrected chi connectivity index (χ0v) is 13.4. The minimum atomic E-state index is -1.24. The van der Waals surface area contributed by atoms with E-state index in [2.05, 4.69) is 18.7 Å². The van der Waals surface area contributed by atoms with Crippen molar-refractivity contribution in [3.63, 3.8) is 0 Å². The highest BCUT2D eigenvalue weighted by Crippen LogP contribution is 2.19. The first-order valence-corrected chi connectivity index (χ1v) is 7.12. The van der Waals surface area contributed by atoms with Crippen LogP contribution in [-0.2, 0) is 4.79 Å². The summed E-state index contributed by atoms with van der Waals surface area (Å²) in [7, 11) is 1.51. The summed E-state index contributed by atoms with van der Waals surface area (Å²) < 4.78 is 0. The molecule has 1 N–H and O–H groups in total. The van der Waals surface area contributed by atoms with Gasteiger partial charge < -0.3 is 14.9 Å². The van der Waals surface area contributed by atoms with E-state index in [0.29, 0.717) is 5.56 Å². The third-order valence-corrected chi connectivity index (χ3v) is 3.91. The molecule has 21 heavy (non-hydrogen) atoms. The Morgan fingerprint density at radius 2 is 1.57 bits per heavy atom. The summed E-state index contributed by atoms with van der Waals surface area (Å²) in [6.07, 6.45) is 0. The Bertz CT molecular complexity index is 505. The van der Waals surface area contributed by atoms with Crippen molar-refractivity contribution in [1.82, 2.24) is 4.90 Å². The molecular formula is C16H24N2O3. The first kappa shape index (κ1) is 17.0. The van der Waals surface area contributed by atoms with Crippen molar-refractivity contribution in [2.75, 3.05) is 25.0 Å². The van der Waals surface area contributed by atoms with Crippen LogP contribution in [0.3, 0.4) is 0 Å². The lowest BCUT2D eigenvalue weighted by Gasteiger charge is -2.31. The second-order valence-corrected chi connectivity index (χ2v) is 5.45. The van der Waals surface area contributed by atoms with Crippen LogP contribution in [0.15, 0.2) is 24.3 Å². The van der Waals surface area contributed by atoms with Gasteiger partial charge in [0.05, 0.1) is 0 Å². The third kappa shape index (κ3) is 3.54. The molecule has 5 heteroatoms. The number of carbonyl (C=O) groups is 2. The molecule has 0 aliphatic heterocycles. The molecule has 0 heterocycles. The number of carboxylic acid groups (broad SMARTS) is 1. The van der Waals surface area contributed by atoms with Crippen molar-refractivity contribution < 1.29 is 14.7 Å². The molecular weight excluding hydrogens is 268 g/mol. The predicted octanol–water partition coefficient (Wildman–Crippen LogP) is 2.47. The maximum absolute atomic E-state index is 12.4. The molecule has 1 aromatic carbocycles. The topological polar surface area (TPSA) is 60.9 Å². The fourth-order valence-electron chi connectivity index (χ4n) is 1.99. The number of aliphatic carboxylic acids is 1. The number of carbonyl (C=O) groups excluding carboxylic acids is 1. The van der Waals surface area contributed by atoms with Crippen molar-refractivity contribution in [1.29, 1.82) is 0 Å². The Labute approximate surface area is 126 Å². The number of likely N-dealkylation sites (N-methyl/N-ethyl adjacent to an activating group) is 1. The van der Waals surface area contributed by atoms with Crippen LogP contribution < -0.4 is 4.90 Å². The van der Waals surface area contributed by atoms with Crippen molar-refractivity contribution >= 4 is 17.6 Å². The molecule has 0 bridgehead atoms. The largest absolute Gasteiger partial charge is 0.480 e. The summed E-state index contributed by atoms with van der Waals surface area (Å²) in [5.41, 5.74) is 0.300. The fraction of sp³-hybridized carbons (Fsp3) is 0.500. The number of hydrogen-bond acceptors (Lipinski definition) is 3. The molecule has 1 rings (SSSR count). The van der Waals surface area contributed by atoms with Crippen LogP contribution in [0.2, 0.25) is 0 Å². The van der Waals surface area contributed by atoms with E-state index in [-0.39, 0.29) is 5.91 Å². The van der Waals surface area contributed by atoms with E-state index in [9.17, 15) is 14.7 Å². The number of anilines is 1. The van der Waals surface area contributed by atoms with Crippen LogP contribution in [0.25, 0.3) is 0 Å². The smallest absolute Gasteiger partial charge is 0.329 e. The van der Waals surface area contributed by atoms with E-state index >= 15 is 0 Å². The molecule has 0 saturated carbocycles. The summed E-state index contributed by atoms with van der Waals surface area (Å²) in [4.78, 5) is 27.0. The van der Waals surface area contributed by atoms with E-state index in [1.54, 1.807) is 12.1 Å². The first-order chi connectivity index (χ1) is 9.75. The molecule has 0 unspecified atom stereocenters. The summed E-state index contributed by atoms with van der Waals surface area (Å²) in [6.45, 7) is 8.97. The second-order valence-electron chi connectivity index (χ2n) is 5.45. The van der Waals surface area contributed by atoms with E-state index in [1.165, 1.54) is 25.8 Å². The predicted molar refractivity (Wildman–Crippen MR) is 83.8 cm³/mol. The molecule has 1 amide bonds. The van der Waals surface area contributed by atoms with Gasteiger partial charge in [0.25, 0.3) is 5.91 Å². The van der Waals surface area contributed by atoms with Gasteiger partial charge in [0, 0.05) is 31.4 Å². The Balaban J connectivity index is 2.97. The lowest BCUT2D eigenvalue weighted by atomic mass is 10.0. The molecule has 0 atom stereocenters. The highest BCUT2D eigenvalue weighted by atomic mass is 16.4. The molecule has 116 valence electrons. The molecule has 0 aliphatic carbocycles. The molecule has 0 fully saturated rings. The highest BCUT2D eigenvalue weighted by molar-refractivity contribution is 5.97. The van der Waals surface area contributed by atoms with E-state index in [1.807, 2.05) is 12.1 Å². The van der Waals surface area contributed by atoms with Gasteiger partial charge in [0.15, 0.2) is 0 Å². The summed E-state index contributed by atoms with van der Waals surface area (Å²) in [6, 6.07) is 7.26.